The number of nitrogens with zero attached hydrogens (tertiary/aromatic N) is 6. The van der Waals surface area contributed by atoms with E-state index in [1.165, 1.54) is 11.6 Å². The van der Waals surface area contributed by atoms with Gasteiger partial charge in [0.1, 0.15) is 11.5 Å². The van der Waals surface area contributed by atoms with Crippen LogP contribution < -0.4 is 11.1 Å². The molecule has 2 aliphatic heterocycles. The van der Waals surface area contributed by atoms with Crippen LogP contribution >= 0.6 is 0 Å². The van der Waals surface area contributed by atoms with Crippen LogP contribution in [0.25, 0.3) is 0 Å². The normalized spacial score (nSPS) is 22.3. The molecule has 9 heteroatoms. The molecule has 0 radical (unpaired) electrons. The van der Waals surface area contributed by atoms with Crippen molar-refractivity contribution in [3.8, 4) is 0 Å². The highest BCUT2D eigenvalue weighted by molar-refractivity contribution is 5.92. The Labute approximate surface area is 137 Å². The number of fused-ring (bicyclic) bond motifs is 1. The van der Waals surface area contributed by atoms with Crippen molar-refractivity contribution in [2.45, 2.75) is 19.4 Å². The third-order valence-electron chi connectivity index (χ3n) is 4.98. The minimum atomic E-state index is -0.616. The van der Waals surface area contributed by atoms with Crippen LogP contribution in [0.3, 0.4) is 0 Å². The fourth-order valence-electron chi connectivity index (χ4n) is 3.74. The van der Waals surface area contributed by atoms with Crippen LogP contribution in [0.15, 0.2) is 21.9 Å². The molecular formula is C15H18N6O3. The average Bonchev–Trinajstić information content (AvgIpc) is 3.24. The lowest BCUT2D eigenvalue weighted by atomic mass is 9.86. The summed E-state index contributed by atoms with van der Waals surface area (Å²) in [7, 11) is 3.26. The second-order valence-electron chi connectivity index (χ2n) is 6.76. The molecule has 24 heavy (non-hydrogen) atoms. The third kappa shape index (κ3) is 2.11. The van der Waals surface area contributed by atoms with Gasteiger partial charge in [-0.05, 0) is 12.5 Å². The minimum absolute atomic E-state index is 0.0983. The van der Waals surface area contributed by atoms with E-state index in [1.54, 1.807) is 28.9 Å². The number of carbonyl (C=O) groups is 1. The van der Waals surface area contributed by atoms with Gasteiger partial charge in [0, 0.05) is 51.8 Å². The smallest absolute Gasteiger partial charge is 0.332 e. The van der Waals surface area contributed by atoms with Gasteiger partial charge in [0.2, 0.25) is 0 Å². The standard InChI is InChI=1S/C15H18N6O3/c1-18-5-3-10(16-18)12(22)20-6-4-15(8-20)7-11-17-19(2)13(23)14(24)21(11)9-15/h3,5H,4,6-9H2,1-2H3. The van der Waals surface area contributed by atoms with Crippen molar-refractivity contribution >= 4 is 5.91 Å². The fraction of sp³-hybridized carbons (Fsp3) is 0.533. The largest absolute Gasteiger partial charge is 0.337 e. The first-order chi connectivity index (χ1) is 11.4. The summed E-state index contributed by atoms with van der Waals surface area (Å²) in [5, 5.41) is 8.37. The van der Waals surface area contributed by atoms with Gasteiger partial charge in [-0.1, -0.05) is 0 Å². The Morgan fingerprint density at radius 1 is 1.17 bits per heavy atom. The first kappa shape index (κ1) is 14.9. The molecule has 0 aliphatic carbocycles. The van der Waals surface area contributed by atoms with Gasteiger partial charge in [-0.3, -0.25) is 23.6 Å². The molecule has 0 aromatic carbocycles. The van der Waals surface area contributed by atoms with Gasteiger partial charge in [0.05, 0.1) is 0 Å². The summed E-state index contributed by atoms with van der Waals surface area (Å²) < 4.78 is 4.17. The first-order valence-electron chi connectivity index (χ1n) is 7.85. The number of hydrogen-bond acceptors (Lipinski definition) is 5. The second-order valence-corrected chi connectivity index (χ2v) is 6.76. The number of aryl methyl sites for hydroxylation is 2. The van der Waals surface area contributed by atoms with E-state index >= 15 is 0 Å². The fourth-order valence-corrected chi connectivity index (χ4v) is 3.74. The van der Waals surface area contributed by atoms with Crippen molar-refractivity contribution in [3.05, 3.63) is 44.5 Å². The topological polar surface area (TPSA) is 95.0 Å². The van der Waals surface area contributed by atoms with Gasteiger partial charge in [-0.25, -0.2) is 4.68 Å². The summed E-state index contributed by atoms with van der Waals surface area (Å²) in [5.74, 6) is 0.521. The van der Waals surface area contributed by atoms with E-state index in [0.29, 0.717) is 37.6 Å². The van der Waals surface area contributed by atoms with E-state index in [1.807, 2.05) is 0 Å². The van der Waals surface area contributed by atoms with Crippen molar-refractivity contribution in [3.63, 3.8) is 0 Å². The van der Waals surface area contributed by atoms with Crippen molar-refractivity contribution in [1.82, 2.24) is 29.0 Å². The Bertz CT molecular complexity index is 955. The Morgan fingerprint density at radius 2 is 1.96 bits per heavy atom. The van der Waals surface area contributed by atoms with E-state index in [0.717, 1.165) is 11.1 Å². The molecule has 126 valence electrons. The Morgan fingerprint density at radius 3 is 2.67 bits per heavy atom. The molecule has 1 saturated heterocycles. The predicted molar refractivity (Wildman–Crippen MR) is 83.6 cm³/mol. The van der Waals surface area contributed by atoms with Crippen molar-refractivity contribution in [2.75, 3.05) is 13.1 Å². The molecule has 1 unspecified atom stereocenters. The van der Waals surface area contributed by atoms with Gasteiger partial charge in [0.15, 0.2) is 0 Å². The zero-order valence-electron chi connectivity index (χ0n) is 13.6. The molecule has 4 rings (SSSR count). The molecule has 2 aromatic rings. The molecule has 1 spiro atoms. The maximum Gasteiger partial charge on any atom is 0.332 e. The molecule has 0 saturated carbocycles. The van der Waals surface area contributed by atoms with Crippen LogP contribution in [0, 0.1) is 5.41 Å². The van der Waals surface area contributed by atoms with Crippen LogP contribution in [-0.2, 0) is 27.1 Å². The molecule has 1 atom stereocenters. The molecule has 2 aliphatic rings. The highest BCUT2D eigenvalue weighted by Gasteiger charge is 2.46. The molecule has 4 heterocycles. The number of aromatic nitrogens is 5. The first-order valence-corrected chi connectivity index (χ1v) is 7.85. The zero-order chi connectivity index (χ0) is 17.1. The van der Waals surface area contributed by atoms with E-state index in [4.69, 9.17) is 0 Å². The lowest BCUT2D eigenvalue weighted by Gasteiger charge is -2.22. The molecule has 1 amide bonds. The van der Waals surface area contributed by atoms with Crippen molar-refractivity contribution in [2.24, 2.45) is 19.5 Å². The lowest BCUT2D eigenvalue weighted by molar-refractivity contribution is 0.0765. The van der Waals surface area contributed by atoms with Gasteiger partial charge < -0.3 is 4.90 Å². The summed E-state index contributed by atoms with van der Waals surface area (Å²) in [6, 6.07) is 1.70. The Kier molecular flexibility index (Phi) is 3.03. The number of rotatable bonds is 1. The summed E-state index contributed by atoms with van der Waals surface area (Å²) in [5.41, 5.74) is -0.942. The monoisotopic (exact) mass is 330 g/mol. The van der Waals surface area contributed by atoms with Crippen LogP contribution in [0.5, 0.6) is 0 Å². The molecule has 9 nitrogen and oxygen atoms in total. The van der Waals surface area contributed by atoms with Gasteiger partial charge in [-0.2, -0.15) is 10.2 Å². The van der Waals surface area contributed by atoms with Crippen LogP contribution in [-0.4, -0.2) is 48.0 Å². The maximum atomic E-state index is 12.6. The maximum absolute atomic E-state index is 12.6. The summed E-state index contributed by atoms with van der Waals surface area (Å²) in [6.07, 6.45) is 3.12. The van der Waals surface area contributed by atoms with E-state index in [9.17, 15) is 14.4 Å². The molecule has 0 bridgehead atoms. The van der Waals surface area contributed by atoms with E-state index in [-0.39, 0.29) is 11.3 Å². The zero-order valence-corrected chi connectivity index (χ0v) is 13.6. The van der Waals surface area contributed by atoms with E-state index in [2.05, 4.69) is 10.2 Å². The Hall–Kier alpha value is -2.71. The molecule has 2 aromatic heterocycles. The molecular weight excluding hydrogens is 312 g/mol. The predicted octanol–water partition coefficient (Wildman–Crippen LogP) is -1.24. The van der Waals surface area contributed by atoms with Gasteiger partial charge in [-0.15, -0.1) is 0 Å². The number of carbonyl (C=O) groups excluding carboxylic acids is 1. The SMILES string of the molecule is Cn1ccc(C(=O)N2CCC3(Cc4nn(C)c(=O)c(=O)n4C3)C2)n1. The summed E-state index contributed by atoms with van der Waals surface area (Å²) in [4.78, 5) is 38.3. The van der Waals surface area contributed by atoms with E-state index < -0.39 is 11.1 Å². The highest BCUT2D eigenvalue weighted by Crippen LogP contribution is 2.39. The highest BCUT2D eigenvalue weighted by atomic mass is 16.2. The van der Waals surface area contributed by atoms with Gasteiger partial charge >= 0.3 is 11.1 Å². The molecule has 1 fully saturated rings. The number of likely N-dealkylation sites (tertiary alicyclic amines) is 1. The lowest BCUT2D eigenvalue weighted by Crippen LogP contribution is -2.42. The summed E-state index contributed by atoms with van der Waals surface area (Å²) >= 11 is 0. The third-order valence-corrected chi connectivity index (χ3v) is 4.98. The second kappa shape index (κ2) is 4.89. The Balaban J connectivity index is 1.59. The summed E-state index contributed by atoms with van der Waals surface area (Å²) in [6.45, 7) is 1.61. The van der Waals surface area contributed by atoms with Crippen LogP contribution in [0.4, 0.5) is 0 Å². The average molecular weight is 330 g/mol. The number of hydrogen-bond donors (Lipinski definition) is 0. The quantitative estimate of drug-likeness (QED) is 0.610. The minimum Gasteiger partial charge on any atom is -0.337 e. The van der Waals surface area contributed by atoms with Gasteiger partial charge in [0.25, 0.3) is 5.91 Å². The van der Waals surface area contributed by atoms with Crippen molar-refractivity contribution in [1.29, 1.82) is 0 Å². The number of amides is 1. The van der Waals surface area contributed by atoms with Crippen LogP contribution in [0.1, 0.15) is 22.7 Å². The van der Waals surface area contributed by atoms with Crippen LogP contribution in [0.2, 0.25) is 0 Å². The van der Waals surface area contributed by atoms with Crippen molar-refractivity contribution < 1.29 is 4.79 Å². The molecule has 0 N–H and O–H groups in total.